The number of nitro groups is 1. The third kappa shape index (κ3) is 4.13. The van der Waals surface area contributed by atoms with Gasteiger partial charge in [-0.2, -0.15) is 0 Å². The maximum Gasteiger partial charge on any atom is 0.271 e. The summed E-state index contributed by atoms with van der Waals surface area (Å²) < 4.78 is 5.55. The SMILES string of the molecule is O=[N+]([O-])c1cccc(Nc2cc(NCC3CCCO3)ncn2)c1. The molecule has 0 saturated carbocycles. The molecule has 0 amide bonds. The van der Waals surface area contributed by atoms with E-state index in [0.717, 1.165) is 19.4 Å². The molecule has 2 aromatic rings. The number of benzene rings is 1. The van der Waals surface area contributed by atoms with Crippen molar-refractivity contribution >= 4 is 23.0 Å². The Morgan fingerprint density at radius 2 is 2.17 bits per heavy atom. The first-order chi connectivity index (χ1) is 11.2. The maximum atomic E-state index is 10.8. The lowest BCUT2D eigenvalue weighted by molar-refractivity contribution is -0.384. The summed E-state index contributed by atoms with van der Waals surface area (Å²) in [6.07, 6.45) is 3.81. The minimum Gasteiger partial charge on any atom is -0.376 e. The Kier molecular flexibility index (Phi) is 4.62. The zero-order valence-electron chi connectivity index (χ0n) is 12.4. The molecular formula is C15H17N5O3. The molecule has 1 aromatic carbocycles. The van der Waals surface area contributed by atoms with Crippen molar-refractivity contribution < 1.29 is 9.66 Å². The fourth-order valence-electron chi connectivity index (χ4n) is 2.39. The Morgan fingerprint density at radius 3 is 2.96 bits per heavy atom. The first-order valence-electron chi connectivity index (χ1n) is 7.40. The molecule has 0 bridgehead atoms. The molecule has 0 radical (unpaired) electrons. The number of hydrogen-bond acceptors (Lipinski definition) is 7. The van der Waals surface area contributed by atoms with Crippen LogP contribution in [0.25, 0.3) is 0 Å². The van der Waals surface area contributed by atoms with Crippen LogP contribution in [0.5, 0.6) is 0 Å². The van der Waals surface area contributed by atoms with Crippen LogP contribution in [-0.4, -0.2) is 34.1 Å². The average molecular weight is 315 g/mol. The van der Waals surface area contributed by atoms with Crippen LogP contribution in [-0.2, 0) is 4.74 Å². The number of ether oxygens (including phenoxy) is 1. The maximum absolute atomic E-state index is 10.8. The second-order valence-electron chi connectivity index (χ2n) is 5.24. The van der Waals surface area contributed by atoms with Gasteiger partial charge in [0.15, 0.2) is 0 Å². The molecule has 8 heteroatoms. The van der Waals surface area contributed by atoms with Crippen LogP contribution in [0.2, 0.25) is 0 Å². The Hall–Kier alpha value is -2.74. The van der Waals surface area contributed by atoms with Gasteiger partial charge in [-0.15, -0.1) is 0 Å². The molecule has 3 rings (SSSR count). The predicted octanol–water partition coefficient (Wildman–Crippen LogP) is 2.72. The van der Waals surface area contributed by atoms with Gasteiger partial charge in [0.05, 0.1) is 11.0 Å². The Bertz CT molecular complexity index is 688. The molecule has 8 nitrogen and oxygen atoms in total. The van der Waals surface area contributed by atoms with Gasteiger partial charge in [0.2, 0.25) is 0 Å². The molecular weight excluding hydrogens is 298 g/mol. The highest BCUT2D eigenvalue weighted by Crippen LogP contribution is 2.21. The van der Waals surface area contributed by atoms with Crippen LogP contribution in [0.4, 0.5) is 23.0 Å². The van der Waals surface area contributed by atoms with E-state index in [1.807, 2.05) is 0 Å². The van der Waals surface area contributed by atoms with E-state index >= 15 is 0 Å². The summed E-state index contributed by atoms with van der Waals surface area (Å²) in [4.78, 5) is 18.7. The minimum absolute atomic E-state index is 0.0285. The van der Waals surface area contributed by atoms with Gasteiger partial charge < -0.3 is 15.4 Å². The number of aromatic nitrogens is 2. The second-order valence-corrected chi connectivity index (χ2v) is 5.24. The molecule has 120 valence electrons. The summed E-state index contributed by atoms with van der Waals surface area (Å²) in [5, 5.41) is 17.1. The topological polar surface area (TPSA) is 102 Å². The van der Waals surface area contributed by atoms with Crippen molar-refractivity contribution in [2.75, 3.05) is 23.8 Å². The molecule has 1 unspecified atom stereocenters. The van der Waals surface area contributed by atoms with E-state index in [1.54, 1.807) is 18.2 Å². The molecule has 0 spiro atoms. The number of non-ortho nitro benzene ring substituents is 1. The third-order valence-electron chi connectivity index (χ3n) is 3.53. The molecule has 1 aliphatic rings. The summed E-state index contributed by atoms with van der Waals surface area (Å²) in [7, 11) is 0. The first-order valence-corrected chi connectivity index (χ1v) is 7.40. The Morgan fingerprint density at radius 1 is 1.30 bits per heavy atom. The number of nitrogens with one attached hydrogen (secondary N) is 2. The van der Waals surface area contributed by atoms with Crippen molar-refractivity contribution in [3.63, 3.8) is 0 Å². The highest BCUT2D eigenvalue weighted by atomic mass is 16.6. The van der Waals surface area contributed by atoms with Crippen molar-refractivity contribution in [1.29, 1.82) is 0 Å². The number of rotatable bonds is 6. The lowest BCUT2D eigenvalue weighted by Gasteiger charge is -2.12. The van der Waals surface area contributed by atoms with Gasteiger partial charge in [0.1, 0.15) is 18.0 Å². The number of nitrogens with zero attached hydrogens (tertiary/aromatic N) is 3. The van der Waals surface area contributed by atoms with E-state index in [0.29, 0.717) is 23.9 Å². The summed E-state index contributed by atoms with van der Waals surface area (Å²) in [6.45, 7) is 1.52. The monoisotopic (exact) mass is 315 g/mol. The van der Waals surface area contributed by atoms with Gasteiger partial charge in [-0.1, -0.05) is 6.07 Å². The van der Waals surface area contributed by atoms with E-state index in [2.05, 4.69) is 20.6 Å². The van der Waals surface area contributed by atoms with Crippen molar-refractivity contribution in [3.8, 4) is 0 Å². The predicted molar refractivity (Wildman–Crippen MR) is 85.9 cm³/mol. The van der Waals surface area contributed by atoms with E-state index in [1.165, 1.54) is 18.5 Å². The van der Waals surface area contributed by atoms with E-state index in [4.69, 9.17) is 4.74 Å². The Balaban J connectivity index is 1.64. The molecule has 1 fully saturated rings. The molecule has 1 atom stereocenters. The van der Waals surface area contributed by atoms with Crippen LogP contribution in [0, 0.1) is 10.1 Å². The summed E-state index contributed by atoms with van der Waals surface area (Å²) in [5.74, 6) is 1.25. The standard InChI is InChI=1S/C15H17N5O3/c21-20(22)12-4-1-3-11(7-12)19-15-8-14(17-10-18-15)16-9-13-5-2-6-23-13/h1,3-4,7-8,10,13H,2,5-6,9H2,(H2,16,17,18,19). The molecule has 1 aromatic heterocycles. The molecule has 2 heterocycles. The van der Waals surface area contributed by atoms with Gasteiger partial charge in [-0.25, -0.2) is 9.97 Å². The fourth-order valence-corrected chi connectivity index (χ4v) is 2.39. The molecule has 0 aliphatic carbocycles. The average Bonchev–Trinajstić information content (AvgIpc) is 3.07. The van der Waals surface area contributed by atoms with Crippen LogP contribution >= 0.6 is 0 Å². The smallest absolute Gasteiger partial charge is 0.271 e. The largest absolute Gasteiger partial charge is 0.376 e. The zero-order valence-corrected chi connectivity index (χ0v) is 12.4. The quantitative estimate of drug-likeness (QED) is 0.624. The van der Waals surface area contributed by atoms with Gasteiger partial charge in [-0.3, -0.25) is 10.1 Å². The molecule has 2 N–H and O–H groups in total. The highest BCUT2D eigenvalue weighted by Gasteiger charge is 2.15. The van der Waals surface area contributed by atoms with Crippen LogP contribution in [0.1, 0.15) is 12.8 Å². The van der Waals surface area contributed by atoms with Gasteiger partial charge in [-0.05, 0) is 18.9 Å². The second kappa shape index (κ2) is 7.01. The zero-order chi connectivity index (χ0) is 16.1. The number of anilines is 3. The van der Waals surface area contributed by atoms with Gasteiger partial charge in [0, 0.05) is 37.0 Å². The van der Waals surface area contributed by atoms with Crippen LogP contribution in [0.15, 0.2) is 36.7 Å². The van der Waals surface area contributed by atoms with Crippen molar-refractivity contribution in [2.24, 2.45) is 0 Å². The fraction of sp³-hybridized carbons (Fsp3) is 0.333. The van der Waals surface area contributed by atoms with Crippen LogP contribution < -0.4 is 10.6 Å². The molecule has 1 aliphatic heterocycles. The van der Waals surface area contributed by atoms with Gasteiger partial charge >= 0.3 is 0 Å². The lowest BCUT2D eigenvalue weighted by Crippen LogP contribution is -2.19. The van der Waals surface area contributed by atoms with Crippen molar-refractivity contribution in [2.45, 2.75) is 18.9 Å². The molecule has 23 heavy (non-hydrogen) atoms. The minimum atomic E-state index is -0.431. The summed E-state index contributed by atoms with van der Waals surface area (Å²) >= 11 is 0. The number of nitro benzene ring substituents is 1. The van der Waals surface area contributed by atoms with Crippen molar-refractivity contribution in [3.05, 3.63) is 46.8 Å². The normalized spacial score (nSPS) is 17.0. The third-order valence-corrected chi connectivity index (χ3v) is 3.53. The summed E-state index contributed by atoms with van der Waals surface area (Å²) in [5.41, 5.74) is 0.628. The highest BCUT2D eigenvalue weighted by molar-refractivity contribution is 5.61. The van der Waals surface area contributed by atoms with E-state index in [9.17, 15) is 10.1 Å². The van der Waals surface area contributed by atoms with Gasteiger partial charge in [0.25, 0.3) is 5.69 Å². The lowest BCUT2D eigenvalue weighted by atomic mass is 10.2. The van der Waals surface area contributed by atoms with E-state index < -0.39 is 4.92 Å². The Labute approximate surface area is 133 Å². The summed E-state index contributed by atoms with van der Waals surface area (Å²) in [6, 6.07) is 8.03. The molecule has 1 saturated heterocycles. The first kappa shape index (κ1) is 15.2. The number of hydrogen-bond donors (Lipinski definition) is 2. The van der Waals surface area contributed by atoms with E-state index in [-0.39, 0.29) is 11.8 Å². The van der Waals surface area contributed by atoms with Crippen LogP contribution in [0.3, 0.4) is 0 Å². The van der Waals surface area contributed by atoms with Crippen molar-refractivity contribution in [1.82, 2.24) is 9.97 Å².